The van der Waals surface area contributed by atoms with Crippen molar-refractivity contribution in [1.29, 1.82) is 0 Å². The summed E-state index contributed by atoms with van der Waals surface area (Å²) in [6.45, 7) is 0.345. The highest BCUT2D eigenvalue weighted by molar-refractivity contribution is 7.98. The maximum atomic E-state index is 6.01. The lowest BCUT2D eigenvalue weighted by Crippen LogP contribution is -1.99. The van der Waals surface area contributed by atoms with Crippen molar-refractivity contribution in [2.75, 3.05) is 13.4 Å². The molecule has 0 atom stereocenters. The summed E-state index contributed by atoms with van der Waals surface area (Å²) >= 11 is 7.58. The number of ether oxygens (including phenoxy) is 1. The highest BCUT2D eigenvalue weighted by atomic mass is 35.5. The molecular formula is C9H12ClNO2S. The lowest BCUT2D eigenvalue weighted by atomic mass is 10.2. The Hall–Kier alpha value is -0.420. The summed E-state index contributed by atoms with van der Waals surface area (Å²) in [6.07, 6.45) is 1.96. The predicted molar refractivity (Wildman–Crippen MR) is 58.8 cm³/mol. The van der Waals surface area contributed by atoms with Gasteiger partial charge in [0, 0.05) is 0 Å². The minimum absolute atomic E-state index is 0.345. The molecule has 2 N–H and O–H groups in total. The van der Waals surface area contributed by atoms with Gasteiger partial charge < -0.3 is 4.74 Å². The molecule has 0 unspecified atom stereocenters. The van der Waals surface area contributed by atoms with Crippen molar-refractivity contribution in [3.05, 3.63) is 22.7 Å². The molecule has 78 valence electrons. The predicted octanol–water partition coefficient (Wildman–Crippen LogP) is 2.46. The van der Waals surface area contributed by atoms with E-state index in [1.165, 1.54) is 0 Å². The fraction of sp³-hybridized carbons (Fsp3) is 0.333. The summed E-state index contributed by atoms with van der Waals surface area (Å²) in [5.41, 5.74) is 0.933. The first kappa shape index (κ1) is 11.7. The molecule has 0 aliphatic carbocycles. The van der Waals surface area contributed by atoms with E-state index in [0.717, 1.165) is 10.5 Å². The van der Waals surface area contributed by atoms with Crippen molar-refractivity contribution < 1.29 is 9.57 Å². The molecule has 1 aromatic carbocycles. The maximum absolute atomic E-state index is 6.01. The Balaban J connectivity index is 3.10. The summed E-state index contributed by atoms with van der Waals surface area (Å²) in [7, 11) is 1.60. The van der Waals surface area contributed by atoms with Crippen LogP contribution in [0.3, 0.4) is 0 Å². The lowest BCUT2D eigenvalue weighted by Gasteiger charge is -2.10. The van der Waals surface area contributed by atoms with Crippen LogP contribution < -0.4 is 10.6 Å². The summed E-state index contributed by atoms with van der Waals surface area (Å²) in [6, 6.07) is 3.73. The van der Waals surface area contributed by atoms with Crippen LogP contribution in [-0.4, -0.2) is 13.4 Å². The van der Waals surface area contributed by atoms with Gasteiger partial charge in [-0.05, 0) is 24.0 Å². The minimum Gasteiger partial charge on any atom is -0.494 e. The molecule has 5 heteroatoms. The highest BCUT2D eigenvalue weighted by Crippen LogP contribution is 2.35. The molecule has 0 amide bonds. The largest absolute Gasteiger partial charge is 0.494 e. The molecule has 0 aliphatic heterocycles. The summed E-state index contributed by atoms with van der Waals surface area (Å²) in [4.78, 5) is 5.53. The topological polar surface area (TPSA) is 44.5 Å². The zero-order valence-electron chi connectivity index (χ0n) is 8.04. The van der Waals surface area contributed by atoms with Gasteiger partial charge in [0.2, 0.25) is 0 Å². The molecule has 0 radical (unpaired) electrons. The number of methoxy groups -OCH3 is 1. The van der Waals surface area contributed by atoms with Crippen LogP contribution in [0.5, 0.6) is 5.75 Å². The van der Waals surface area contributed by atoms with Gasteiger partial charge in [-0.25, -0.2) is 5.90 Å². The Morgan fingerprint density at radius 1 is 1.50 bits per heavy atom. The highest BCUT2D eigenvalue weighted by Gasteiger charge is 2.09. The van der Waals surface area contributed by atoms with E-state index in [1.807, 2.05) is 12.3 Å². The van der Waals surface area contributed by atoms with Crippen LogP contribution >= 0.6 is 23.4 Å². The van der Waals surface area contributed by atoms with Gasteiger partial charge in [-0.15, -0.1) is 11.8 Å². The van der Waals surface area contributed by atoms with Gasteiger partial charge in [0.15, 0.2) is 5.75 Å². The molecule has 0 fully saturated rings. The SMILES string of the molecule is COc1c(Cl)cc(CON)cc1SC. The van der Waals surface area contributed by atoms with E-state index in [2.05, 4.69) is 4.84 Å². The number of benzene rings is 1. The molecule has 3 nitrogen and oxygen atoms in total. The second kappa shape index (κ2) is 5.46. The van der Waals surface area contributed by atoms with Crippen molar-refractivity contribution in [1.82, 2.24) is 0 Å². The van der Waals surface area contributed by atoms with E-state index in [4.69, 9.17) is 22.2 Å². The van der Waals surface area contributed by atoms with E-state index < -0.39 is 0 Å². The van der Waals surface area contributed by atoms with Gasteiger partial charge in [-0.1, -0.05) is 11.6 Å². The first-order valence-electron chi connectivity index (χ1n) is 3.95. The molecule has 1 aromatic rings. The minimum atomic E-state index is 0.345. The number of halogens is 1. The normalized spacial score (nSPS) is 10.3. The van der Waals surface area contributed by atoms with E-state index in [0.29, 0.717) is 17.4 Å². The summed E-state index contributed by atoms with van der Waals surface area (Å²) < 4.78 is 5.18. The molecule has 0 heterocycles. The fourth-order valence-corrected chi connectivity index (χ4v) is 2.17. The van der Waals surface area contributed by atoms with Crippen LogP contribution in [0.25, 0.3) is 0 Å². The first-order chi connectivity index (χ1) is 6.72. The molecular weight excluding hydrogens is 222 g/mol. The number of rotatable bonds is 4. The van der Waals surface area contributed by atoms with Gasteiger partial charge in [-0.3, -0.25) is 4.84 Å². The molecule has 0 aliphatic rings. The Morgan fingerprint density at radius 3 is 2.71 bits per heavy atom. The van der Waals surface area contributed by atoms with E-state index in [9.17, 15) is 0 Å². The van der Waals surface area contributed by atoms with Crippen LogP contribution in [0.4, 0.5) is 0 Å². The van der Waals surface area contributed by atoms with E-state index in [1.54, 1.807) is 24.9 Å². The maximum Gasteiger partial charge on any atom is 0.150 e. The van der Waals surface area contributed by atoms with Gasteiger partial charge in [0.05, 0.1) is 23.6 Å². The van der Waals surface area contributed by atoms with Crippen LogP contribution in [0.2, 0.25) is 5.02 Å². The van der Waals surface area contributed by atoms with Gasteiger partial charge in [0.25, 0.3) is 0 Å². The van der Waals surface area contributed by atoms with Crippen LogP contribution in [0.15, 0.2) is 17.0 Å². The number of nitrogens with two attached hydrogens (primary N) is 1. The molecule has 0 bridgehead atoms. The summed E-state index contributed by atoms with van der Waals surface area (Å²) in [5, 5.41) is 0.575. The zero-order chi connectivity index (χ0) is 10.6. The van der Waals surface area contributed by atoms with Crippen molar-refractivity contribution in [2.45, 2.75) is 11.5 Å². The molecule has 0 saturated heterocycles. The number of hydrogen-bond donors (Lipinski definition) is 1. The third-order valence-electron chi connectivity index (χ3n) is 1.74. The van der Waals surface area contributed by atoms with Gasteiger partial charge >= 0.3 is 0 Å². The standard InChI is InChI=1S/C9H12ClNO2S/c1-12-9-7(10)3-6(5-13-11)4-8(9)14-2/h3-4H,5,11H2,1-2H3. The van der Waals surface area contributed by atoms with Gasteiger partial charge in [0.1, 0.15) is 0 Å². The van der Waals surface area contributed by atoms with E-state index in [-0.39, 0.29) is 0 Å². The Labute approximate surface area is 92.5 Å². The molecule has 0 saturated carbocycles. The molecule has 1 rings (SSSR count). The van der Waals surface area contributed by atoms with E-state index >= 15 is 0 Å². The third-order valence-corrected chi connectivity index (χ3v) is 2.77. The Morgan fingerprint density at radius 2 is 2.21 bits per heavy atom. The zero-order valence-corrected chi connectivity index (χ0v) is 9.61. The third kappa shape index (κ3) is 2.54. The van der Waals surface area contributed by atoms with Crippen molar-refractivity contribution in [3.63, 3.8) is 0 Å². The Bertz CT molecular complexity index is 320. The quantitative estimate of drug-likeness (QED) is 0.641. The average molecular weight is 234 g/mol. The first-order valence-corrected chi connectivity index (χ1v) is 5.55. The van der Waals surface area contributed by atoms with Crippen LogP contribution in [0, 0.1) is 0 Å². The molecule has 0 aromatic heterocycles. The second-order valence-electron chi connectivity index (χ2n) is 2.62. The monoisotopic (exact) mass is 233 g/mol. The van der Waals surface area contributed by atoms with Crippen molar-refractivity contribution in [3.8, 4) is 5.75 Å². The smallest absolute Gasteiger partial charge is 0.150 e. The number of thioether (sulfide) groups is 1. The second-order valence-corrected chi connectivity index (χ2v) is 3.88. The Kier molecular flexibility index (Phi) is 4.54. The van der Waals surface area contributed by atoms with Crippen LogP contribution in [-0.2, 0) is 11.4 Å². The number of hydrogen-bond acceptors (Lipinski definition) is 4. The average Bonchev–Trinajstić information content (AvgIpc) is 2.17. The molecule has 14 heavy (non-hydrogen) atoms. The van der Waals surface area contributed by atoms with Crippen LogP contribution in [0.1, 0.15) is 5.56 Å². The summed E-state index contributed by atoms with van der Waals surface area (Å²) in [5.74, 6) is 5.69. The van der Waals surface area contributed by atoms with Gasteiger partial charge in [-0.2, -0.15) is 0 Å². The molecule has 0 spiro atoms. The lowest BCUT2D eigenvalue weighted by molar-refractivity contribution is 0.124. The van der Waals surface area contributed by atoms with Crippen molar-refractivity contribution in [2.24, 2.45) is 5.90 Å². The fourth-order valence-electron chi connectivity index (χ4n) is 1.15. The van der Waals surface area contributed by atoms with Crippen molar-refractivity contribution >= 4 is 23.4 Å².